The summed E-state index contributed by atoms with van der Waals surface area (Å²) in [6.45, 7) is 2.78. The van der Waals surface area contributed by atoms with Gasteiger partial charge in [-0.25, -0.2) is 14.3 Å². The summed E-state index contributed by atoms with van der Waals surface area (Å²) in [5.41, 5.74) is -3.66. The van der Waals surface area contributed by atoms with E-state index >= 15 is 0 Å². The van der Waals surface area contributed by atoms with Crippen LogP contribution in [0.2, 0.25) is 0 Å². The molecule has 0 saturated carbocycles. The fourth-order valence-corrected chi connectivity index (χ4v) is 8.68. The van der Waals surface area contributed by atoms with Gasteiger partial charge in [0.25, 0.3) is 17.5 Å². The highest BCUT2D eigenvalue weighted by Gasteiger charge is 2.67. The Balaban J connectivity index is 1.33. The number of carbonyl (C=O) groups is 7. The molecule has 1 unspecified atom stereocenters. The van der Waals surface area contributed by atoms with E-state index in [1.807, 2.05) is 0 Å². The molecule has 1 fully saturated rings. The first kappa shape index (κ1) is 42.8. The van der Waals surface area contributed by atoms with Gasteiger partial charge in [0.1, 0.15) is 39.8 Å². The van der Waals surface area contributed by atoms with Crippen LogP contribution >= 0.6 is 23.5 Å². The third-order valence-corrected chi connectivity index (χ3v) is 11.4. The Morgan fingerprint density at radius 1 is 1.05 bits per heavy atom. The van der Waals surface area contributed by atoms with Gasteiger partial charge in [-0.05, 0) is 46.7 Å². The Bertz CT molecular complexity index is 2560. The van der Waals surface area contributed by atoms with Crippen molar-refractivity contribution in [2.45, 2.75) is 43.1 Å². The number of aryl methyl sites for hydroxylation is 2. The zero-order valence-electron chi connectivity index (χ0n) is 32.0. The fraction of sp³-hybridized carbons (Fsp3) is 0.306. The molecule has 4 heterocycles. The summed E-state index contributed by atoms with van der Waals surface area (Å²) < 4.78 is 28.2. The van der Waals surface area contributed by atoms with E-state index in [1.165, 1.54) is 35.9 Å². The molecule has 2 aliphatic heterocycles. The van der Waals surface area contributed by atoms with Gasteiger partial charge in [0.15, 0.2) is 18.1 Å². The minimum Gasteiger partial charge on any atom is -0.482 e. The van der Waals surface area contributed by atoms with Gasteiger partial charge in [0.2, 0.25) is 16.5 Å². The minimum atomic E-state index is -2.13. The second-order valence-corrected chi connectivity index (χ2v) is 14.9. The average molecular weight is 868 g/mol. The number of tetrazole rings is 1. The lowest BCUT2D eigenvalue weighted by Gasteiger charge is -2.56. The van der Waals surface area contributed by atoms with Crippen LogP contribution in [0.5, 0.6) is 17.2 Å². The van der Waals surface area contributed by atoms with Gasteiger partial charge in [-0.2, -0.15) is 0 Å². The zero-order valence-corrected chi connectivity index (χ0v) is 33.6. The monoisotopic (exact) mass is 867 g/mol. The first-order valence-corrected chi connectivity index (χ1v) is 19.4. The van der Waals surface area contributed by atoms with Crippen molar-refractivity contribution in [3.8, 4) is 17.2 Å². The van der Waals surface area contributed by atoms with Crippen LogP contribution in [0.15, 0.2) is 62.0 Å². The Morgan fingerprint density at radius 2 is 1.72 bits per heavy atom. The number of thioether (sulfide) groups is 2. The number of methoxy groups -OCH3 is 1. The number of benzene rings is 2. The molecule has 3 amide bonds. The average Bonchev–Trinajstić information content (AvgIpc) is 3.61. The molecule has 1 saturated heterocycles. The van der Waals surface area contributed by atoms with Crippen molar-refractivity contribution in [3.05, 3.63) is 74.8 Å². The maximum Gasteiger partial charge on any atom is 0.352 e. The largest absolute Gasteiger partial charge is 0.482 e. The van der Waals surface area contributed by atoms with Crippen molar-refractivity contribution < 1.29 is 67.1 Å². The van der Waals surface area contributed by atoms with Gasteiger partial charge in [-0.15, -0.1) is 16.9 Å². The zero-order chi connectivity index (χ0) is 43.6. The standard InChI is InChI=1S/C36H33N7O15S2/c1-15-26(29(48)21-10-23(57-16(2)44)24(58-17(3)45)11-22(21)56-15)30(49)37-27(18-6-8-20(9-7-18)55-12-25(46)47)31(50)38-36(54-5)33(53)43-28(32(51)52)19(13-59-34(36)43)14-60-35-39-40-41-42(35)4/h6-11,27,34H,12-14H2,1-5H3,(H,37,49)(H,38,50)(H,46,47)(H,51,52)/t27?,34-,36+/m1/s1. The number of rotatable bonds is 15. The fourth-order valence-electron chi connectivity index (χ4n) is 6.26. The van der Waals surface area contributed by atoms with E-state index < -0.39 is 76.3 Å². The summed E-state index contributed by atoms with van der Waals surface area (Å²) in [5.74, 6) is -7.84. The van der Waals surface area contributed by atoms with E-state index in [4.69, 9.17) is 28.5 Å². The summed E-state index contributed by atoms with van der Waals surface area (Å²) in [6.07, 6.45) is 0. The number of fused-ring (bicyclic) bond motifs is 2. The van der Waals surface area contributed by atoms with Gasteiger partial charge in [0.05, 0.1) is 5.39 Å². The SMILES string of the molecule is CO[C@@]1(NC(=O)C(NC(=O)c2c(C)oc3cc(OC(C)=O)c(OC(C)=O)cc3c2=O)c2ccc(OCC(=O)O)cc2)C(=O)N2C(C(=O)O)=C(CSc3nnnn3C)CS[C@@H]21. The molecule has 3 atom stereocenters. The lowest BCUT2D eigenvalue weighted by atomic mass is 9.96. The number of aromatic nitrogens is 4. The van der Waals surface area contributed by atoms with Gasteiger partial charge in [0, 0.05) is 45.6 Å². The molecule has 2 aromatic carbocycles. The van der Waals surface area contributed by atoms with E-state index in [0.29, 0.717) is 10.7 Å². The molecular weight excluding hydrogens is 835 g/mol. The van der Waals surface area contributed by atoms with Crippen molar-refractivity contribution >= 4 is 76.1 Å². The van der Waals surface area contributed by atoms with E-state index in [0.717, 1.165) is 61.5 Å². The Labute approximate surface area is 345 Å². The molecule has 4 N–H and O–H groups in total. The number of carbonyl (C=O) groups excluding carboxylic acids is 5. The number of ether oxygens (including phenoxy) is 4. The lowest BCUT2D eigenvalue weighted by Crippen LogP contribution is -2.81. The highest BCUT2D eigenvalue weighted by Crippen LogP contribution is 2.47. The van der Waals surface area contributed by atoms with Gasteiger partial charge >= 0.3 is 23.9 Å². The molecular formula is C36H33N7O15S2. The summed E-state index contributed by atoms with van der Waals surface area (Å²) >= 11 is 2.26. The summed E-state index contributed by atoms with van der Waals surface area (Å²) in [5, 5.41) is 34.5. The van der Waals surface area contributed by atoms with Crippen LogP contribution in [0.1, 0.15) is 41.6 Å². The van der Waals surface area contributed by atoms with Gasteiger partial charge < -0.3 is 44.2 Å². The first-order chi connectivity index (χ1) is 28.4. The summed E-state index contributed by atoms with van der Waals surface area (Å²) in [6, 6.07) is 5.76. The predicted molar refractivity (Wildman–Crippen MR) is 205 cm³/mol. The molecule has 2 aliphatic rings. The molecule has 2 aromatic heterocycles. The molecule has 0 spiro atoms. The molecule has 0 bridgehead atoms. The van der Waals surface area contributed by atoms with Crippen molar-refractivity contribution in [3.63, 3.8) is 0 Å². The highest BCUT2D eigenvalue weighted by molar-refractivity contribution is 8.01. The summed E-state index contributed by atoms with van der Waals surface area (Å²) in [7, 11) is 2.74. The molecule has 24 heteroatoms. The van der Waals surface area contributed by atoms with E-state index in [-0.39, 0.29) is 56.7 Å². The van der Waals surface area contributed by atoms with E-state index in [1.54, 1.807) is 7.05 Å². The third-order valence-electron chi connectivity index (χ3n) is 8.88. The van der Waals surface area contributed by atoms with E-state index in [9.17, 15) is 43.5 Å². The van der Waals surface area contributed by atoms with Gasteiger partial charge in [-0.1, -0.05) is 23.9 Å². The molecule has 314 valence electrons. The molecule has 0 radical (unpaired) electrons. The number of nitrogens with zero attached hydrogens (tertiary/aromatic N) is 5. The van der Waals surface area contributed by atoms with Crippen molar-refractivity contribution in [2.24, 2.45) is 7.05 Å². The second kappa shape index (κ2) is 17.2. The first-order valence-electron chi connectivity index (χ1n) is 17.3. The topological polar surface area (TPSA) is 298 Å². The number of hydrogen-bond donors (Lipinski definition) is 4. The van der Waals surface area contributed by atoms with Crippen LogP contribution in [0.3, 0.4) is 0 Å². The van der Waals surface area contributed by atoms with Crippen LogP contribution in [0.25, 0.3) is 11.0 Å². The number of nitrogens with one attached hydrogen (secondary N) is 2. The number of carboxylic acids is 2. The number of aliphatic carboxylic acids is 2. The lowest BCUT2D eigenvalue weighted by molar-refractivity contribution is -0.192. The molecule has 60 heavy (non-hydrogen) atoms. The number of amides is 3. The second-order valence-electron chi connectivity index (χ2n) is 12.9. The normalized spacial score (nSPS) is 17.6. The third kappa shape index (κ3) is 8.37. The van der Waals surface area contributed by atoms with Crippen LogP contribution in [0, 0.1) is 6.92 Å². The molecule has 22 nitrogen and oxygen atoms in total. The molecule has 4 aromatic rings. The molecule has 0 aliphatic carbocycles. The molecule has 6 rings (SSSR count). The summed E-state index contributed by atoms with van der Waals surface area (Å²) in [4.78, 5) is 104. The highest BCUT2D eigenvalue weighted by atomic mass is 32.2. The maximum atomic E-state index is 14.4. The van der Waals surface area contributed by atoms with Crippen LogP contribution in [0.4, 0.5) is 0 Å². The quantitative estimate of drug-likeness (QED) is 0.0424. The number of carboxylic acid groups (broad SMARTS) is 2. The van der Waals surface area contributed by atoms with Crippen molar-refractivity contribution in [1.29, 1.82) is 0 Å². The number of esters is 2. The number of hydrogen-bond acceptors (Lipinski definition) is 18. The van der Waals surface area contributed by atoms with Crippen molar-refractivity contribution in [2.75, 3.05) is 25.2 Å². The van der Waals surface area contributed by atoms with Crippen LogP contribution in [-0.2, 0) is 40.6 Å². The van der Waals surface area contributed by atoms with Gasteiger partial charge in [-0.3, -0.25) is 33.7 Å². The van der Waals surface area contributed by atoms with Crippen LogP contribution < -0.4 is 30.3 Å². The Hall–Kier alpha value is -6.79. The number of β-lactam (4-membered cyclic amide) rings is 1. The maximum absolute atomic E-state index is 14.4. The minimum absolute atomic E-state index is 0.0596. The smallest absolute Gasteiger partial charge is 0.352 e. The Morgan fingerprint density at radius 3 is 2.30 bits per heavy atom. The predicted octanol–water partition coefficient (Wildman–Crippen LogP) is 0.915. The van der Waals surface area contributed by atoms with Crippen molar-refractivity contribution in [1.82, 2.24) is 35.7 Å². The van der Waals surface area contributed by atoms with E-state index in [2.05, 4.69) is 26.2 Å². The Kier molecular flexibility index (Phi) is 12.3. The van der Waals surface area contributed by atoms with Crippen LogP contribution in [-0.4, -0.2) is 113 Å².